The molecule has 1 saturated heterocycles. The van der Waals surface area contributed by atoms with Crippen LogP contribution in [0.2, 0.25) is 11.9 Å². The molecule has 7 aliphatic rings. The van der Waals surface area contributed by atoms with Crippen LogP contribution in [-0.2, 0) is 20.3 Å². The van der Waals surface area contributed by atoms with Crippen molar-refractivity contribution in [2.75, 3.05) is 0 Å². The van der Waals surface area contributed by atoms with Gasteiger partial charge in [0.2, 0.25) is 0 Å². The van der Waals surface area contributed by atoms with E-state index >= 15 is 0 Å². The Balaban J connectivity index is 0.00000102. The number of halogens is 2. The summed E-state index contributed by atoms with van der Waals surface area (Å²) in [7, 11) is 0. The summed E-state index contributed by atoms with van der Waals surface area (Å²) in [5.41, 5.74) is 0. The van der Waals surface area contributed by atoms with Crippen molar-refractivity contribution < 1.29 is 45.1 Å². The summed E-state index contributed by atoms with van der Waals surface area (Å²) in [6.07, 6.45) is 38.4. The van der Waals surface area contributed by atoms with Gasteiger partial charge in [0.05, 0.1) is 0 Å². The molecule has 9 unspecified atom stereocenters. The van der Waals surface area contributed by atoms with Gasteiger partial charge in [0.15, 0.2) is 0 Å². The second-order valence-electron chi connectivity index (χ2n) is 10.4. The van der Waals surface area contributed by atoms with Crippen molar-refractivity contribution in [3.05, 3.63) is 94.4 Å². The first-order valence-corrected chi connectivity index (χ1v) is 17.9. The molecule has 1 aliphatic heterocycles. The van der Waals surface area contributed by atoms with Gasteiger partial charge in [0.25, 0.3) is 0 Å². The summed E-state index contributed by atoms with van der Waals surface area (Å²) in [6.45, 7) is 0. The molecule has 7 rings (SSSR count). The van der Waals surface area contributed by atoms with Gasteiger partial charge >= 0.3 is 180 Å². The van der Waals surface area contributed by atoms with Gasteiger partial charge in [-0.15, -0.1) is 0 Å². The van der Waals surface area contributed by atoms with Crippen molar-refractivity contribution in [3.8, 4) is 0 Å². The van der Waals surface area contributed by atoms with Gasteiger partial charge in [0, 0.05) is 0 Å². The number of hydrogen-bond donors (Lipinski definition) is 0. The fraction of sp³-hybridized carbons (Fsp3) is 0.429. The predicted octanol–water partition coefficient (Wildman–Crippen LogP) is 0.966. The molecule has 0 aromatic heterocycles. The molecule has 9 atom stereocenters. The van der Waals surface area contributed by atoms with Gasteiger partial charge in [0.1, 0.15) is 0 Å². The van der Waals surface area contributed by atoms with E-state index in [2.05, 4.69) is 91.1 Å². The molecule has 160 valence electrons. The average Bonchev–Trinajstić information content (AvgIpc) is 3.24. The minimum absolute atomic E-state index is 0. The number of rotatable bonds is 2. The third kappa shape index (κ3) is 3.09. The first kappa shape index (κ1) is 22.2. The van der Waals surface area contributed by atoms with Crippen molar-refractivity contribution in [1.82, 2.24) is 0 Å². The maximum atomic E-state index is 2.66. The largest absolute Gasteiger partial charge is 1.00 e. The molecule has 0 spiro atoms. The summed E-state index contributed by atoms with van der Waals surface area (Å²) in [5, 5.41) is 0. The standard InChI is InChI=1S/C21H21.C5H5.C2H4.2ClH.Zr/c1-2-8-15-14(7-1)13-20-18-11-4-3-9-16(18)17-10-5-6-12-19(17)21(15)20;1-2-4-5-3-1;1-2;;;/h1-21H;1-3H,4H2;1-2H2;2*1H;/q;;;;;+2/p-2. The molecule has 0 radical (unpaired) electrons. The third-order valence-electron chi connectivity index (χ3n) is 9.56. The molecule has 31 heavy (non-hydrogen) atoms. The van der Waals surface area contributed by atoms with E-state index in [0.717, 1.165) is 39.1 Å². The predicted molar refractivity (Wildman–Crippen MR) is 118 cm³/mol. The second kappa shape index (κ2) is 8.31. The molecule has 0 amide bonds. The van der Waals surface area contributed by atoms with Crippen LogP contribution < -0.4 is 24.8 Å². The molecule has 6 aliphatic carbocycles. The van der Waals surface area contributed by atoms with E-state index in [4.69, 9.17) is 0 Å². The molecule has 3 heteroatoms. The zero-order chi connectivity index (χ0) is 19.0. The first-order chi connectivity index (χ1) is 14.4. The first-order valence-electron chi connectivity index (χ1n) is 11.8. The van der Waals surface area contributed by atoms with Gasteiger partial charge in [-0.1, -0.05) is 0 Å². The number of allylic oxidation sites excluding steroid dienone is 16. The van der Waals surface area contributed by atoms with E-state index in [-0.39, 0.29) is 24.8 Å². The Morgan fingerprint density at radius 3 is 1.55 bits per heavy atom. The summed E-state index contributed by atoms with van der Waals surface area (Å²) >= 11 is -2.24. The molecule has 0 N–H and O–H groups in total. The SMILES string of the molecule is C1=CC[C]([Zr+2]2([CH]3C4C=CC=CC4C4C5C=CC=CC5C5C=CC=CC5C43)[CH2][CH2]2)=C1.[Cl-].[Cl-]. The quantitative estimate of drug-likeness (QED) is 0.501. The Labute approximate surface area is 203 Å². The molecule has 0 bridgehead atoms. The summed E-state index contributed by atoms with van der Waals surface area (Å²) in [5.74, 6) is 6.19. The van der Waals surface area contributed by atoms with Crippen molar-refractivity contribution in [3.63, 3.8) is 0 Å². The summed E-state index contributed by atoms with van der Waals surface area (Å²) in [4.78, 5) is 0. The van der Waals surface area contributed by atoms with E-state index in [1.807, 2.05) is 3.28 Å². The fourth-order valence-electron chi connectivity index (χ4n) is 8.53. The Morgan fingerprint density at radius 1 is 0.548 bits per heavy atom. The van der Waals surface area contributed by atoms with E-state index in [1.54, 1.807) is 8.26 Å². The van der Waals surface area contributed by atoms with Crippen LogP contribution in [0.5, 0.6) is 0 Å². The van der Waals surface area contributed by atoms with Crippen molar-refractivity contribution in [1.29, 1.82) is 0 Å². The van der Waals surface area contributed by atoms with Gasteiger partial charge in [-0.2, -0.15) is 0 Å². The maximum absolute atomic E-state index is 2.66. The van der Waals surface area contributed by atoms with E-state index in [0.29, 0.717) is 11.8 Å². The van der Waals surface area contributed by atoms with Crippen LogP contribution in [0.15, 0.2) is 94.4 Å². The van der Waals surface area contributed by atoms with E-state index in [9.17, 15) is 0 Å². The topological polar surface area (TPSA) is 0 Å². The molecule has 0 nitrogen and oxygen atoms in total. The van der Waals surface area contributed by atoms with Crippen LogP contribution in [0.3, 0.4) is 0 Å². The molecular weight excluding hydrogens is 498 g/mol. The molecule has 2 saturated carbocycles. The average molecular weight is 529 g/mol. The van der Waals surface area contributed by atoms with Crippen LogP contribution in [0.25, 0.3) is 0 Å². The molecular formula is C28H30Cl2Zr. The Bertz CT molecular complexity index is 973. The zero-order valence-corrected chi connectivity index (χ0v) is 21.7. The van der Waals surface area contributed by atoms with Crippen LogP contribution >= 0.6 is 0 Å². The molecule has 1 heterocycles. The maximum Gasteiger partial charge on any atom is -1.00 e. The van der Waals surface area contributed by atoms with Gasteiger partial charge < -0.3 is 24.8 Å². The molecule has 3 fully saturated rings. The third-order valence-corrected chi connectivity index (χ3v) is 22.5. The molecule has 0 aromatic carbocycles. The zero-order valence-electron chi connectivity index (χ0n) is 17.7. The summed E-state index contributed by atoms with van der Waals surface area (Å²) in [6, 6.07) is 0. The van der Waals surface area contributed by atoms with Crippen LogP contribution in [0.1, 0.15) is 6.42 Å². The van der Waals surface area contributed by atoms with E-state index < -0.39 is 20.3 Å². The smallest absolute Gasteiger partial charge is 1.00 e. The van der Waals surface area contributed by atoms with Gasteiger partial charge in [-0.05, 0) is 0 Å². The van der Waals surface area contributed by atoms with Crippen molar-refractivity contribution in [2.45, 2.75) is 18.3 Å². The van der Waals surface area contributed by atoms with Gasteiger partial charge in [-0.25, -0.2) is 0 Å². The Kier molecular flexibility index (Phi) is 5.95. The number of hydrogen-bond acceptors (Lipinski definition) is 0. The van der Waals surface area contributed by atoms with E-state index in [1.165, 1.54) is 6.42 Å². The fourth-order valence-corrected chi connectivity index (χ4v) is 25.3. The van der Waals surface area contributed by atoms with Gasteiger partial charge in [-0.3, -0.25) is 0 Å². The second-order valence-corrected chi connectivity index (χ2v) is 21.8. The Hall–Kier alpha value is -0.617. The number of fused-ring (bicyclic) bond motifs is 8. The minimum atomic E-state index is -2.24. The normalized spacial score (nSPS) is 44.6. The van der Waals surface area contributed by atoms with Crippen molar-refractivity contribution >= 4 is 0 Å². The minimum Gasteiger partial charge on any atom is -1.00 e. The summed E-state index contributed by atoms with van der Waals surface area (Å²) < 4.78 is 6.21. The van der Waals surface area contributed by atoms with Crippen LogP contribution in [-0.4, -0.2) is 0 Å². The van der Waals surface area contributed by atoms with Crippen molar-refractivity contribution in [2.24, 2.45) is 47.3 Å². The van der Waals surface area contributed by atoms with Crippen LogP contribution in [0, 0.1) is 47.3 Å². The van der Waals surface area contributed by atoms with Crippen LogP contribution in [0.4, 0.5) is 0 Å². The Morgan fingerprint density at radius 2 is 1.03 bits per heavy atom. The monoisotopic (exact) mass is 526 g/mol. The molecule has 0 aromatic rings.